The molecule has 4 heterocycles. The zero-order valence-electron chi connectivity index (χ0n) is 21.5. The summed E-state index contributed by atoms with van der Waals surface area (Å²) in [5, 5.41) is 11.9. The summed E-state index contributed by atoms with van der Waals surface area (Å²) in [5.74, 6) is -2.76. The average molecular weight is 568 g/mol. The maximum atomic E-state index is 12.8. The second kappa shape index (κ2) is 12.0. The van der Waals surface area contributed by atoms with Crippen molar-refractivity contribution in [3.05, 3.63) is 48.3 Å². The van der Waals surface area contributed by atoms with Crippen molar-refractivity contribution in [2.45, 2.75) is 49.3 Å². The van der Waals surface area contributed by atoms with E-state index in [9.17, 15) is 21.6 Å². The maximum absolute atomic E-state index is 12.8. The third-order valence-corrected chi connectivity index (χ3v) is 8.91. The van der Waals surface area contributed by atoms with E-state index in [4.69, 9.17) is 9.90 Å². The number of alkyl halides is 3. The Hall–Kier alpha value is -3.00. The van der Waals surface area contributed by atoms with E-state index in [1.165, 1.54) is 12.8 Å². The lowest BCUT2D eigenvalue weighted by atomic mass is 10.0. The number of benzene rings is 1. The number of carboxylic acids is 1. The number of aliphatic carboxylic acids is 1. The third kappa shape index (κ3) is 7.15. The van der Waals surface area contributed by atoms with E-state index in [0.717, 1.165) is 60.3 Å². The first-order chi connectivity index (χ1) is 18.4. The molecule has 1 aromatic carbocycles. The quantitative estimate of drug-likeness (QED) is 0.414. The standard InChI is InChI=1S/C24H31N5O2S.C2HF3O2/c1-28-14-9-19(10-15-28)26-17-20-16-23-22(8-11-25-24(23)27-20)18-4-6-21(7-5-18)32(30,31)29-12-2-3-13-29;3-2(4,5)1(6)7/h4-8,11,16,19,26H,2-3,9-10,12-15,17H2,1H3,(H,25,27);(H,6,7). The lowest BCUT2D eigenvalue weighted by Crippen LogP contribution is -2.40. The molecule has 0 saturated carbocycles. The number of hydrogen-bond donors (Lipinski definition) is 3. The monoisotopic (exact) mass is 567 g/mol. The van der Waals surface area contributed by atoms with E-state index >= 15 is 0 Å². The Morgan fingerprint density at radius 1 is 1.10 bits per heavy atom. The van der Waals surface area contributed by atoms with Gasteiger partial charge in [-0.25, -0.2) is 18.2 Å². The number of carbonyl (C=O) groups is 1. The Bertz CT molecular complexity index is 1380. The fourth-order valence-corrected chi connectivity index (χ4v) is 6.30. The van der Waals surface area contributed by atoms with Gasteiger partial charge in [-0.05, 0) is 81.2 Å². The molecule has 212 valence electrons. The Balaban J connectivity index is 0.000000448. The number of halogens is 3. The van der Waals surface area contributed by atoms with Crippen molar-refractivity contribution < 1.29 is 31.5 Å². The molecular formula is C26H32F3N5O4S. The highest BCUT2D eigenvalue weighted by Crippen LogP contribution is 2.30. The van der Waals surface area contributed by atoms with Gasteiger partial charge in [0.2, 0.25) is 10.0 Å². The number of likely N-dealkylation sites (tertiary alicyclic amines) is 1. The summed E-state index contributed by atoms with van der Waals surface area (Å²) in [6.45, 7) is 4.30. The summed E-state index contributed by atoms with van der Waals surface area (Å²) in [7, 11) is -1.22. The van der Waals surface area contributed by atoms with Crippen molar-refractivity contribution >= 4 is 27.0 Å². The first-order valence-corrected chi connectivity index (χ1v) is 14.2. The second-order valence-corrected chi connectivity index (χ2v) is 11.8. The van der Waals surface area contributed by atoms with Gasteiger partial charge in [0, 0.05) is 43.0 Å². The molecule has 0 radical (unpaired) electrons. The molecule has 0 bridgehead atoms. The van der Waals surface area contributed by atoms with E-state index in [1.54, 1.807) is 22.6 Å². The predicted molar refractivity (Wildman–Crippen MR) is 141 cm³/mol. The number of fused-ring (bicyclic) bond motifs is 1. The maximum Gasteiger partial charge on any atom is 0.490 e. The van der Waals surface area contributed by atoms with Gasteiger partial charge < -0.3 is 20.3 Å². The Labute approximate surface area is 225 Å². The van der Waals surface area contributed by atoms with Crippen LogP contribution in [-0.2, 0) is 21.4 Å². The zero-order chi connectivity index (χ0) is 28.2. The number of piperidine rings is 1. The molecule has 3 N–H and O–H groups in total. The van der Waals surface area contributed by atoms with Crippen molar-refractivity contribution in [2.24, 2.45) is 0 Å². The van der Waals surface area contributed by atoms with E-state index in [0.29, 0.717) is 24.0 Å². The van der Waals surface area contributed by atoms with Crippen LogP contribution in [0.15, 0.2) is 47.5 Å². The molecular weight excluding hydrogens is 535 g/mol. The summed E-state index contributed by atoms with van der Waals surface area (Å²) in [6.07, 6.45) is 0.945. The van der Waals surface area contributed by atoms with Crippen molar-refractivity contribution in [3.8, 4) is 11.1 Å². The van der Waals surface area contributed by atoms with Crippen LogP contribution in [0.1, 0.15) is 31.4 Å². The highest BCUT2D eigenvalue weighted by atomic mass is 32.2. The SMILES string of the molecule is CN1CCC(NCc2cc3c(-c4ccc(S(=O)(=O)N5CCCC5)cc4)ccnc3[nH]2)CC1.O=C(O)C(F)(F)F. The number of sulfonamides is 1. The first kappa shape index (κ1) is 29.0. The van der Waals surface area contributed by atoms with Crippen molar-refractivity contribution in [1.29, 1.82) is 0 Å². The minimum atomic E-state index is -5.08. The van der Waals surface area contributed by atoms with E-state index in [-0.39, 0.29) is 0 Å². The van der Waals surface area contributed by atoms with E-state index in [1.807, 2.05) is 18.2 Å². The summed E-state index contributed by atoms with van der Waals surface area (Å²) in [4.78, 5) is 19.6. The van der Waals surface area contributed by atoms with Crippen molar-refractivity contribution in [1.82, 2.24) is 24.5 Å². The summed E-state index contributed by atoms with van der Waals surface area (Å²) >= 11 is 0. The number of rotatable bonds is 6. The van der Waals surface area contributed by atoms with Crippen LogP contribution in [0.2, 0.25) is 0 Å². The molecule has 2 aliphatic heterocycles. The zero-order valence-corrected chi connectivity index (χ0v) is 22.4. The number of aromatic nitrogens is 2. The number of aromatic amines is 1. The molecule has 39 heavy (non-hydrogen) atoms. The Morgan fingerprint density at radius 3 is 2.31 bits per heavy atom. The molecule has 2 aliphatic rings. The number of H-pyrrole nitrogens is 1. The molecule has 0 aliphatic carbocycles. The molecule has 2 fully saturated rings. The van der Waals surface area contributed by atoms with E-state index in [2.05, 4.69) is 33.3 Å². The fourth-order valence-electron chi connectivity index (χ4n) is 4.78. The van der Waals surface area contributed by atoms with Gasteiger partial charge in [-0.2, -0.15) is 17.5 Å². The molecule has 0 unspecified atom stereocenters. The Morgan fingerprint density at radius 2 is 1.72 bits per heavy atom. The van der Waals surface area contributed by atoms with Gasteiger partial charge in [0.15, 0.2) is 0 Å². The number of nitrogens with zero attached hydrogens (tertiary/aromatic N) is 3. The number of pyridine rings is 1. The highest BCUT2D eigenvalue weighted by molar-refractivity contribution is 7.89. The molecule has 9 nitrogen and oxygen atoms in total. The molecule has 3 aromatic rings. The Kier molecular flexibility index (Phi) is 8.94. The lowest BCUT2D eigenvalue weighted by molar-refractivity contribution is -0.192. The van der Waals surface area contributed by atoms with Gasteiger partial charge in [0.05, 0.1) is 4.90 Å². The average Bonchev–Trinajstić information content (AvgIpc) is 3.59. The predicted octanol–water partition coefficient (Wildman–Crippen LogP) is 3.83. The van der Waals surface area contributed by atoms with E-state index < -0.39 is 22.2 Å². The van der Waals surface area contributed by atoms with Crippen LogP contribution in [0.3, 0.4) is 0 Å². The number of carboxylic acid groups (broad SMARTS) is 1. The van der Waals surface area contributed by atoms with Gasteiger partial charge >= 0.3 is 12.1 Å². The van der Waals surface area contributed by atoms with Gasteiger partial charge in [-0.1, -0.05) is 12.1 Å². The van der Waals surface area contributed by atoms with Crippen LogP contribution in [0, 0.1) is 0 Å². The minimum Gasteiger partial charge on any atom is -0.475 e. The van der Waals surface area contributed by atoms with Gasteiger partial charge in [-0.15, -0.1) is 0 Å². The molecule has 0 spiro atoms. The summed E-state index contributed by atoms with van der Waals surface area (Å²) < 4.78 is 59.0. The van der Waals surface area contributed by atoms with Crippen LogP contribution in [0.4, 0.5) is 13.2 Å². The summed E-state index contributed by atoms with van der Waals surface area (Å²) in [6, 6.07) is 12.0. The number of nitrogens with one attached hydrogen (secondary N) is 2. The third-order valence-electron chi connectivity index (χ3n) is 7.00. The van der Waals surface area contributed by atoms with Crippen molar-refractivity contribution in [2.75, 3.05) is 33.2 Å². The first-order valence-electron chi connectivity index (χ1n) is 12.7. The fraction of sp³-hybridized carbons (Fsp3) is 0.462. The molecule has 13 heteroatoms. The van der Waals surface area contributed by atoms with Gasteiger partial charge in [0.25, 0.3) is 0 Å². The van der Waals surface area contributed by atoms with Crippen LogP contribution >= 0.6 is 0 Å². The van der Waals surface area contributed by atoms with Gasteiger partial charge in [-0.3, -0.25) is 0 Å². The molecule has 5 rings (SSSR count). The van der Waals surface area contributed by atoms with Crippen LogP contribution in [-0.4, -0.2) is 84.1 Å². The second-order valence-electron chi connectivity index (χ2n) is 9.81. The highest BCUT2D eigenvalue weighted by Gasteiger charge is 2.38. The normalized spacial score (nSPS) is 17.7. The largest absolute Gasteiger partial charge is 0.490 e. The van der Waals surface area contributed by atoms with Crippen LogP contribution in [0.5, 0.6) is 0 Å². The number of hydrogen-bond acceptors (Lipinski definition) is 6. The molecule has 2 aromatic heterocycles. The van der Waals surface area contributed by atoms with Crippen LogP contribution in [0.25, 0.3) is 22.2 Å². The molecule has 0 amide bonds. The molecule has 0 atom stereocenters. The summed E-state index contributed by atoms with van der Waals surface area (Å²) in [5.41, 5.74) is 4.03. The smallest absolute Gasteiger partial charge is 0.475 e. The lowest BCUT2D eigenvalue weighted by Gasteiger charge is -2.29. The molecule has 2 saturated heterocycles. The van der Waals surface area contributed by atoms with Gasteiger partial charge in [0.1, 0.15) is 5.65 Å². The van der Waals surface area contributed by atoms with Crippen molar-refractivity contribution in [3.63, 3.8) is 0 Å². The minimum absolute atomic E-state index is 0.366. The van der Waals surface area contributed by atoms with Crippen LogP contribution < -0.4 is 5.32 Å². The topological polar surface area (TPSA) is 119 Å².